The zero-order chi connectivity index (χ0) is 9.56. The second kappa shape index (κ2) is 5.35. The zero-order valence-corrected chi connectivity index (χ0v) is 7.66. The molecule has 1 N–H and O–H groups in total. The summed E-state index contributed by atoms with van der Waals surface area (Å²) in [4.78, 5) is 4.58. The topological polar surface area (TPSA) is 54.2 Å². The molecule has 0 fully saturated rings. The molecule has 4 nitrogen and oxygen atoms in total. The highest BCUT2D eigenvalue weighted by molar-refractivity contribution is 6.41. The van der Waals surface area contributed by atoms with Crippen LogP contribution < -0.4 is 0 Å². The molecule has 0 radical (unpaired) electrons. The van der Waals surface area contributed by atoms with E-state index in [1.54, 1.807) is 6.92 Å². The van der Waals surface area contributed by atoms with Gasteiger partial charge in [0.15, 0.2) is 0 Å². The average Bonchev–Trinajstić information content (AvgIpc) is 2.01. The first-order chi connectivity index (χ1) is 5.61. The molecule has 0 rings (SSSR count). The Balaban J connectivity index is 4.45. The fourth-order valence-electron chi connectivity index (χ4n) is 0.680. The molecule has 12 heavy (non-hydrogen) atoms. The molecule has 68 valence electrons. The van der Waals surface area contributed by atoms with Crippen LogP contribution in [0.1, 0.15) is 20.3 Å². The molecule has 0 aliphatic rings. The van der Waals surface area contributed by atoms with Crippen LogP contribution >= 0.6 is 0 Å². The van der Waals surface area contributed by atoms with Gasteiger partial charge >= 0.3 is 0 Å². The quantitative estimate of drug-likeness (QED) is 0.303. The van der Waals surface area contributed by atoms with Crippen LogP contribution in [0.15, 0.2) is 22.5 Å². The lowest BCUT2D eigenvalue weighted by Gasteiger charge is -2.02. The van der Waals surface area contributed by atoms with E-state index in [1.165, 1.54) is 7.11 Å². The Kier molecular flexibility index (Phi) is 4.76. The summed E-state index contributed by atoms with van der Waals surface area (Å²) in [6.07, 6.45) is 0.559. The maximum Gasteiger partial charge on any atom is 0.108 e. The van der Waals surface area contributed by atoms with Crippen molar-refractivity contribution in [3.63, 3.8) is 0 Å². The minimum Gasteiger partial charge on any atom is -0.411 e. The molecule has 0 bridgehead atoms. The summed E-state index contributed by atoms with van der Waals surface area (Å²) < 4.78 is 0. The van der Waals surface area contributed by atoms with Gasteiger partial charge < -0.3 is 10.0 Å². The zero-order valence-electron chi connectivity index (χ0n) is 7.66. The van der Waals surface area contributed by atoms with E-state index in [1.807, 2.05) is 6.92 Å². The maximum atomic E-state index is 8.47. The number of nitrogens with zero attached hydrogens (tertiary/aromatic N) is 2. The summed E-state index contributed by atoms with van der Waals surface area (Å²) in [6, 6.07) is 0. The van der Waals surface area contributed by atoms with Gasteiger partial charge in [-0.1, -0.05) is 22.5 Å². The van der Waals surface area contributed by atoms with Gasteiger partial charge in [0.2, 0.25) is 0 Å². The Labute approximate surface area is 72.2 Å². The summed E-state index contributed by atoms with van der Waals surface area (Å²) >= 11 is 0. The summed E-state index contributed by atoms with van der Waals surface area (Å²) in [5, 5.41) is 15.2. The molecule has 0 aliphatic heterocycles. The smallest absolute Gasteiger partial charge is 0.108 e. The fourth-order valence-corrected chi connectivity index (χ4v) is 0.680. The van der Waals surface area contributed by atoms with Crippen molar-refractivity contribution < 1.29 is 10.0 Å². The van der Waals surface area contributed by atoms with Crippen LogP contribution in [0.25, 0.3) is 0 Å². The van der Waals surface area contributed by atoms with E-state index in [2.05, 4.69) is 21.7 Å². The third-order valence-corrected chi connectivity index (χ3v) is 1.24. The molecule has 0 saturated carbocycles. The van der Waals surface area contributed by atoms with E-state index >= 15 is 0 Å². The first kappa shape index (κ1) is 10.7. The summed E-state index contributed by atoms with van der Waals surface area (Å²) in [5.74, 6) is 0. The molecule has 0 saturated heterocycles. The van der Waals surface area contributed by atoms with E-state index in [4.69, 9.17) is 5.21 Å². The van der Waals surface area contributed by atoms with Crippen molar-refractivity contribution in [1.29, 1.82) is 0 Å². The third kappa shape index (κ3) is 3.75. The Morgan fingerprint density at radius 1 is 1.50 bits per heavy atom. The lowest BCUT2D eigenvalue weighted by molar-refractivity contribution is 0.213. The highest BCUT2D eigenvalue weighted by Gasteiger charge is 2.05. The Hall–Kier alpha value is -1.32. The van der Waals surface area contributed by atoms with Crippen LogP contribution in [-0.4, -0.2) is 23.7 Å². The van der Waals surface area contributed by atoms with E-state index in [-0.39, 0.29) is 0 Å². The summed E-state index contributed by atoms with van der Waals surface area (Å²) in [6.45, 7) is 7.25. The lowest BCUT2D eigenvalue weighted by Crippen LogP contribution is -2.11. The molecular weight excluding hydrogens is 156 g/mol. The molecule has 0 heterocycles. The number of allylic oxidation sites excluding steroid dienone is 1. The van der Waals surface area contributed by atoms with Gasteiger partial charge in [-0.2, -0.15) is 0 Å². The van der Waals surface area contributed by atoms with Crippen molar-refractivity contribution in [1.82, 2.24) is 0 Å². The van der Waals surface area contributed by atoms with Crippen LogP contribution in [0.3, 0.4) is 0 Å². The lowest BCUT2D eigenvalue weighted by atomic mass is 10.1. The highest BCUT2D eigenvalue weighted by atomic mass is 16.6. The minimum absolute atomic E-state index is 0.444. The van der Waals surface area contributed by atoms with E-state index in [9.17, 15) is 0 Å². The largest absolute Gasteiger partial charge is 0.411 e. The molecule has 0 aromatic carbocycles. The Morgan fingerprint density at radius 2 is 2.08 bits per heavy atom. The van der Waals surface area contributed by atoms with Gasteiger partial charge in [-0.3, -0.25) is 0 Å². The summed E-state index contributed by atoms with van der Waals surface area (Å²) in [5.41, 5.74) is 1.97. The van der Waals surface area contributed by atoms with Crippen molar-refractivity contribution in [3.05, 3.63) is 12.2 Å². The monoisotopic (exact) mass is 170 g/mol. The van der Waals surface area contributed by atoms with E-state index in [0.29, 0.717) is 17.8 Å². The molecule has 0 aromatic rings. The molecule has 0 amide bonds. The SMILES string of the molecule is C=C(C)CC(=N\OC)/C(C)=N/O. The van der Waals surface area contributed by atoms with Crippen molar-refractivity contribution in [2.75, 3.05) is 7.11 Å². The Bertz CT molecular complexity index is 219. The van der Waals surface area contributed by atoms with Gasteiger partial charge in [0.25, 0.3) is 0 Å². The number of hydrogen-bond acceptors (Lipinski definition) is 4. The van der Waals surface area contributed by atoms with Gasteiger partial charge in [-0.05, 0) is 13.8 Å². The first-order valence-corrected chi connectivity index (χ1v) is 3.55. The van der Waals surface area contributed by atoms with Gasteiger partial charge in [-0.25, -0.2) is 0 Å². The molecule has 4 heteroatoms. The summed E-state index contributed by atoms with van der Waals surface area (Å²) in [7, 11) is 1.45. The molecule has 0 unspecified atom stereocenters. The minimum atomic E-state index is 0.444. The van der Waals surface area contributed by atoms with Gasteiger partial charge in [0, 0.05) is 6.42 Å². The molecule has 0 atom stereocenters. The fraction of sp³-hybridized carbons (Fsp3) is 0.500. The Morgan fingerprint density at radius 3 is 2.42 bits per heavy atom. The first-order valence-electron chi connectivity index (χ1n) is 3.55. The highest BCUT2D eigenvalue weighted by Crippen LogP contribution is 2.00. The number of oxime groups is 2. The van der Waals surface area contributed by atoms with Crippen LogP contribution in [0.4, 0.5) is 0 Å². The molecular formula is C8H14N2O2. The second-order valence-electron chi connectivity index (χ2n) is 2.54. The van der Waals surface area contributed by atoms with Crippen LogP contribution in [0.5, 0.6) is 0 Å². The molecule has 0 aliphatic carbocycles. The van der Waals surface area contributed by atoms with Crippen molar-refractivity contribution in [3.8, 4) is 0 Å². The van der Waals surface area contributed by atoms with Crippen molar-refractivity contribution in [2.24, 2.45) is 10.3 Å². The average molecular weight is 170 g/mol. The van der Waals surface area contributed by atoms with Crippen molar-refractivity contribution in [2.45, 2.75) is 20.3 Å². The predicted octanol–water partition coefficient (Wildman–Crippen LogP) is 1.81. The van der Waals surface area contributed by atoms with Gasteiger partial charge in [0.05, 0.1) is 0 Å². The number of hydrogen-bond donors (Lipinski definition) is 1. The third-order valence-electron chi connectivity index (χ3n) is 1.24. The molecule has 0 spiro atoms. The molecule has 0 aromatic heterocycles. The van der Waals surface area contributed by atoms with Crippen LogP contribution in [-0.2, 0) is 4.84 Å². The van der Waals surface area contributed by atoms with Crippen molar-refractivity contribution >= 4 is 11.4 Å². The predicted molar refractivity (Wildman–Crippen MR) is 48.8 cm³/mol. The van der Waals surface area contributed by atoms with Crippen LogP contribution in [0.2, 0.25) is 0 Å². The standard InChI is InChI=1S/C8H14N2O2/c1-6(2)5-8(10-12-4)7(3)9-11/h11H,1,5H2,2-4H3/b9-7+,10-8+. The van der Waals surface area contributed by atoms with E-state index in [0.717, 1.165) is 5.57 Å². The maximum absolute atomic E-state index is 8.47. The van der Waals surface area contributed by atoms with Crippen LogP contribution in [0, 0.1) is 0 Å². The van der Waals surface area contributed by atoms with E-state index < -0.39 is 0 Å². The van der Waals surface area contributed by atoms with Gasteiger partial charge in [0.1, 0.15) is 18.5 Å². The number of rotatable bonds is 4. The van der Waals surface area contributed by atoms with Gasteiger partial charge in [-0.15, -0.1) is 0 Å². The normalized spacial score (nSPS) is 12.9. The second-order valence-corrected chi connectivity index (χ2v) is 2.54.